The number of nitrogens with zero attached hydrogens (tertiary/aromatic N) is 2. The van der Waals surface area contributed by atoms with Gasteiger partial charge in [0.25, 0.3) is 0 Å². The first-order valence-corrected chi connectivity index (χ1v) is 8.16. The van der Waals surface area contributed by atoms with Crippen LogP contribution in [-0.2, 0) is 10.0 Å². The van der Waals surface area contributed by atoms with Crippen molar-refractivity contribution in [1.82, 2.24) is 9.29 Å². The van der Waals surface area contributed by atoms with Gasteiger partial charge in [-0.2, -0.15) is 0 Å². The van der Waals surface area contributed by atoms with Gasteiger partial charge in [-0.1, -0.05) is 20.8 Å². The molecule has 2 rings (SSSR count). The second-order valence-electron chi connectivity index (χ2n) is 6.37. The minimum Gasteiger partial charge on any atom is -0.398 e. The summed E-state index contributed by atoms with van der Waals surface area (Å²) < 4.78 is 26.9. The van der Waals surface area contributed by atoms with E-state index in [2.05, 4.69) is 4.98 Å². The smallest absolute Gasteiger partial charge is 0.245 e. The van der Waals surface area contributed by atoms with Gasteiger partial charge in [-0.25, -0.2) is 12.7 Å². The number of fused-ring (bicyclic) bond motifs is 1. The Morgan fingerprint density at radius 1 is 1.24 bits per heavy atom. The molecule has 0 aliphatic rings. The highest BCUT2D eigenvalue weighted by molar-refractivity contribution is 7.89. The minimum absolute atomic E-state index is 0.126. The summed E-state index contributed by atoms with van der Waals surface area (Å²) >= 11 is 0. The maximum absolute atomic E-state index is 12.8. The van der Waals surface area contributed by atoms with Gasteiger partial charge < -0.3 is 5.73 Å². The van der Waals surface area contributed by atoms with Crippen LogP contribution in [0.5, 0.6) is 0 Å². The van der Waals surface area contributed by atoms with Crippen molar-refractivity contribution in [1.29, 1.82) is 0 Å². The lowest BCUT2D eigenvalue weighted by Gasteiger charge is -2.26. The first kappa shape index (κ1) is 15.7. The highest BCUT2D eigenvalue weighted by Gasteiger charge is 2.27. The zero-order chi connectivity index (χ0) is 15.8. The van der Waals surface area contributed by atoms with E-state index in [1.54, 1.807) is 31.4 Å². The molecule has 0 amide bonds. The van der Waals surface area contributed by atoms with Crippen LogP contribution in [0.15, 0.2) is 35.4 Å². The van der Waals surface area contributed by atoms with Crippen LogP contribution in [0, 0.1) is 5.41 Å². The molecule has 0 atom stereocenters. The molecule has 114 valence electrons. The van der Waals surface area contributed by atoms with Gasteiger partial charge in [-0.3, -0.25) is 4.98 Å². The van der Waals surface area contributed by atoms with E-state index in [1.165, 1.54) is 10.4 Å². The number of sulfonamides is 1. The summed E-state index contributed by atoms with van der Waals surface area (Å²) in [6.07, 6.45) is 1.57. The standard InChI is InChI=1S/C15H21N3O2S/c1-15(2,3)10-18(4)21(19,20)13-8-7-12(16)11-6-5-9-17-14(11)13/h5-9H,10,16H2,1-4H3. The van der Waals surface area contributed by atoms with Crippen molar-refractivity contribution in [3.05, 3.63) is 30.5 Å². The minimum atomic E-state index is -3.60. The molecule has 2 N–H and O–H groups in total. The fourth-order valence-electron chi connectivity index (χ4n) is 2.30. The first-order valence-electron chi connectivity index (χ1n) is 6.72. The molecule has 0 saturated heterocycles. The highest BCUT2D eigenvalue weighted by atomic mass is 32.2. The molecule has 0 aliphatic heterocycles. The number of pyridine rings is 1. The van der Waals surface area contributed by atoms with Crippen molar-refractivity contribution < 1.29 is 8.42 Å². The molecule has 2 aromatic rings. The summed E-state index contributed by atoms with van der Waals surface area (Å²) in [4.78, 5) is 4.39. The maximum atomic E-state index is 12.8. The van der Waals surface area contributed by atoms with Crippen molar-refractivity contribution in [3.8, 4) is 0 Å². The third kappa shape index (κ3) is 3.16. The number of anilines is 1. The monoisotopic (exact) mass is 307 g/mol. The topological polar surface area (TPSA) is 76.3 Å². The highest BCUT2D eigenvalue weighted by Crippen LogP contribution is 2.28. The van der Waals surface area contributed by atoms with Crippen LogP contribution in [0.1, 0.15) is 20.8 Å². The van der Waals surface area contributed by atoms with E-state index >= 15 is 0 Å². The largest absolute Gasteiger partial charge is 0.398 e. The molecule has 0 unspecified atom stereocenters. The average molecular weight is 307 g/mol. The normalized spacial score (nSPS) is 13.0. The van der Waals surface area contributed by atoms with Gasteiger partial charge in [-0.15, -0.1) is 0 Å². The van der Waals surface area contributed by atoms with Gasteiger partial charge in [-0.05, 0) is 29.7 Å². The second kappa shape index (κ2) is 5.27. The van der Waals surface area contributed by atoms with E-state index < -0.39 is 10.0 Å². The average Bonchev–Trinajstić information content (AvgIpc) is 2.37. The van der Waals surface area contributed by atoms with Crippen LogP contribution in [0.4, 0.5) is 5.69 Å². The molecule has 1 aromatic heterocycles. The van der Waals surface area contributed by atoms with Crippen molar-refractivity contribution in [2.45, 2.75) is 25.7 Å². The zero-order valence-electron chi connectivity index (χ0n) is 12.8. The van der Waals surface area contributed by atoms with E-state index in [9.17, 15) is 8.42 Å². The number of benzene rings is 1. The summed E-state index contributed by atoms with van der Waals surface area (Å²) in [5, 5.41) is 0.655. The van der Waals surface area contributed by atoms with Crippen molar-refractivity contribution >= 4 is 26.6 Å². The van der Waals surface area contributed by atoms with E-state index in [0.717, 1.165) is 0 Å². The van der Waals surface area contributed by atoms with E-state index in [1.807, 2.05) is 20.8 Å². The summed E-state index contributed by atoms with van der Waals surface area (Å²) in [6.45, 7) is 6.42. The molecule has 0 radical (unpaired) electrons. The van der Waals surface area contributed by atoms with Crippen LogP contribution < -0.4 is 5.73 Å². The molecule has 0 fully saturated rings. The Bertz CT molecular complexity index is 764. The third-order valence-electron chi connectivity index (χ3n) is 3.15. The first-order chi connectivity index (χ1) is 9.63. The van der Waals surface area contributed by atoms with Crippen LogP contribution in [0.2, 0.25) is 0 Å². The molecule has 1 aromatic carbocycles. The van der Waals surface area contributed by atoms with Gasteiger partial charge >= 0.3 is 0 Å². The van der Waals surface area contributed by atoms with Gasteiger partial charge in [0.05, 0.1) is 5.52 Å². The Morgan fingerprint density at radius 3 is 2.52 bits per heavy atom. The third-order valence-corrected chi connectivity index (χ3v) is 4.99. The van der Waals surface area contributed by atoms with Crippen molar-refractivity contribution in [3.63, 3.8) is 0 Å². The lowest BCUT2D eigenvalue weighted by molar-refractivity contribution is 0.311. The van der Waals surface area contributed by atoms with Crippen LogP contribution in [-0.4, -0.2) is 31.3 Å². The Balaban J connectivity index is 2.58. The SMILES string of the molecule is CN(CC(C)(C)C)S(=O)(=O)c1ccc(N)c2cccnc12. The number of hydrogen-bond acceptors (Lipinski definition) is 4. The second-order valence-corrected chi connectivity index (χ2v) is 8.39. The van der Waals surface area contributed by atoms with Crippen LogP contribution >= 0.6 is 0 Å². The number of nitrogen functional groups attached to an aromatic ring is 1. The van der Waals surface area contributed by atoms with Gasteiger partial charge in [0.15, 0.2) is 0 Å². The molecule has 21 heavy (non-hydrogen) atoms. The number of aromatic nitrogens is 1. The van der Waals surface area contributed by atoms with E-state index in [4.69, 9.17) is 5.73 Å². The molecule has 0 saturated carbocycles. The summed E-state index contributed by atoms with van der Waals surface area (Å²) in [5.74, 6) is 0. The molecular weight excluding hydrogens is 286 g/mol. The molecule has 1 heterocycles. The lowest BCUT2D eigenvalue weighted by atomic mass is 9.97. The van der Waals surface area contributed by atoms with Gasteiger partial charge in [0.2, 0.25) is 10.0 Å². The predicted octanol–water partition coefficient (Wildman–Crippen LogP) is 2.48. The van der Waals surface area contributed by atoms with Crippen molar-refractivity contribution in [2.24, 2.45) is 5.41 Å². The quantitative estimate of drug-likeness (QED) is 0.884. The lowest BCUT2D eigenvalue weighted by Crippen LogP contribution is -2.34. The van der Waals surface area contributed by atoms with Crippen LogP contribution in [0.3, 0.4) is 0 Å². The Labute approximate surface area is 125 Å². The summed E-state index contributed by atoms with van der Waals surface area (Å²) in [7, 11) is -2.01. The zero-order valence-corrected chi connectivity index (χ0v) is 13.6. The Kier molecular flexibility index (Phi) is 3.95. The molecular formula is C15H21N3O2S. The van der Waals surface area contributed by atoms with Crippen molar-refractivity contribution in [2.75, 3.05) is 19.3 Å². The van der Waals surface area contributed by atoms with Gasteiger partial charge in [0.1, 0.15) is 4.90 Å². The fourth-order valence-corrected chi connectivity index (χ4v) is 3.84. The number of nitrogens with two attached hydrogens (primary N) is 1. The summed E-state index contributed by atoms with van der Waals surface area (Å²) in [5.41, 5.74) is 6.71. The van der Waals surface area contributed by atoms with Gasteiger partial charge in [0, 0.05) is 30.9 Å². The molecule has 6 heteroatoms. The molecule has 0 bridgehead atoms. The fraction of sp³-hybridized carbons (Fsp3) is 0.400. The molecule has 0 spiro atoms. The Hall–Kier alpha value is -1.66. The molecule has 5 nitrogen and oxygen atoms in total. The number of hydrogen-bond donors (Lipinski definition) is 1. The predicted molar refractivity (Wildman–Crippen MR) is 85.4 cm³/mol. The maximum Gasteiger partial charge on any atom is 0.245 e. The van der Waals surface area contributed by atoms with E-state index in [0.29, 0.717) is 23.1 Å². The molecule has 0 aliphatic carbocycles. The van der Waals surface area contributed by atoms with Crippen LogP contribution in [0.25, 0.3) is 10.9 Å². The Morgan fingerprint density at radius 2 is 1.90 bits per heavy atom. The van der Waals surface area contributed by atoms with E-state index in [-0.39, 0.29) is 10.3 Å². The number of rotatable bonds is 3. The summed E-state index contributed by atoms with van der Waals surface area (Å²) in [6, 6.07) is 6.66.